The lowest BCUT2D eigenvalue weighted by Gasteiger charge is -2.11. The zero-order valence-electron chi connectivity index (χ0n) is 8.90. The highest BCUT2D eigenvalue weighted by atomic mass is 16.5. The molecule has 1 aromatic carbocycles. The molecule has 1 aliphatic heterocycles. The Balaban J connectivity index is 2.14. The van der Waals surface area contributed by atoms with Gasteiger partial charge < -0.3 is 4.74 Å². The van der Waals surface area contributed by atoms with E-state index in [4.69, 9.17) is 4.74 Å². The molecule has 0 atom stereocenters. The lowest BCUT2D eigenvalue weighted by atomic mass is 9.95. The monoisotopic (exact) mass is 212 g/mol. The Morgan fingerprint density at radius 2 is 1.88 bits per heavy atom. The summed E-state index contributed by atoms with van der Waals surface area (Å²) in [6.45, 7) is 0.491. The van der Waals surface area contributed by atoms with Crippen LogP contribution in [-0.4, -0.2) is 5.78 Å². The summed E-state index contributed by atoms with van der Waals surface area (Å²) < 4.78 is 5.68. The second-order valence-electron chi connectivity index (χ2n) is 4.04. The number of fused-ring (bicyclic) bond motifs is 2. The molecule has 3 rings (SSSR count). The molecular weight excluding hydrogens is 200 g/mol. The van der Waals surface area contributed by atoms with E-state index in [1.165, 1.54) is 0 Å². The molecule has 0 bridgehead atoms. The largest absolute Gasteiger partial charge is 0.488 e. The van der Waals surface area contributed by atoms with E-state index in [1.807, 2.05) is 36.4 Å². The maximum atomic E-state index is 12.3. The molecule has 0 saturated heterocycles. The van der Waals surface area contributed by atoms with Crippen LogP contribution in [0.4, 0.5) is 0 Å². The van der Waals surface area contributed by atoms with Crippen LogP contribution in [0, 0.1) is 0 Å². The van der Waals surface area contributed by atoms with Gasteiger partial charge in [-0.05, 0) is 18.9 Å². The first-order chi connectivity index (χ1) is 7.86. The molecule has 0 N–H and O–H groups in total. The average molecular weight is 212 g/mol. The van der Waals surface area contributed by atoms with Crippen molar-refractivity contribution >= 4 is 5.78 Å². The standard InChI is InChI=1S/C14H12O2/c15-14-11-6-2-1-5-10(11)9-16-13-8-4-3-7-12(13)14/h1-2,5-8H,3-4,9H2. The van der Waals surface area contributed by atoms with Crippen molar-refractivity contribution in [3.63, 3.8) is 0 Å². The number of carbonyl (C=O) groups excluding carboxylic acids is 1. The van der Waals surface area contributed by atoms with E-state index in [-0.39, 0.29) is 5.78 Å². The predicted molar refractivity (Wildman–Crippen MR) is 61.0 cm³/mol. The zero-order chi connectivity index (χ0) is 11.0. The van der Waals surface area contributed by atoms with Gasteiger partial charge in [0.15, 0.2) is 5.78 Å². The van der Waals surface area contributed by atoms with E-state index in [1.54, 1.807) is 0 Å². The van der Waals surface area contributed by atoms with E-state index in [0.717, 1.165) is 35.3 Å². The second-order valence-corrected chi connectivity index (χ2v) is 4.04. The quantitative estimate of drug-likeness (QED) is 0.660. The molecule has 0 aromatic heterocycles. The molecule has 2 nitrogen and oxygen atoms in total. The molecule has 0 fully saturated rings. The predicted octanol–water partition coefficient (Wildman–Crippen LogP) is 3.00. The minimum atomic E-state index is 0.0963. The smallest absolute Gasteiger partial charge is 0.196 e. The van der Waals surface area contributed by atoms with E-state index >= 15 is 0 Å². The number of hydrogen-bond acceptors (Lipinski definition) is 2. The summed E-state index contributed by atoms with van der Waals surface area (Å²) in [4.78, 5) is 12.3. The van der Waals surface area contributed by atoms with Gasteiger partial charge >= 0.3 is 0 Å². The average Bonchev–Trinajstić information content (AvgIpc) is 2.49. The number of hydrogen-bond donors (Lipinski definition) is 0. The van der Waals surface area contributed by atoms with Gasteiger partial charge in [-0.15, -0.1) is 0 Å². The first kappa shape index (κ1) is 9.40. The van der Waals surface area contributed by atoms with E-state index in [0.29, 0.717) is 6.61 Å². The lowest BCUT2D eigenvalue weighted by Crippen LogP contribution is -2.07. The van der Waals surface area contributed by atoms with Gasteiger partial charge in [0.05, 0.1) is 5.57 Å². The van der Waals surface area contributed by atoms with E-state index in [9.17, 15) is 4.79 Å². The minimum absolute atomic E-state index is 0.0963. The van der Waals surface area contributed by atoms with Gasteiger partial charge in [0, 0.05) is 11.1 Å². The molecular formula is C14H12O2. The zero-order valence-corrected chi connectivity index (χ0v) is 8.90. The fourth-order valence-electron chi connectivity index (χ4n) is 2.16. The van der Waals surface area contributed by atoms with E-state index < -0.39 is 0 Å². The van der Waals surface area contributed by atoms with Gasteiger partial charge in [0.2, 0.25) is 0 Å². The van der Waals surface area contributed by atoms with Gasteiger partial charge in [0.1, 0.15) is 12.4 Å². The number of Topliss-reactive ketones (excluding diaryl/α,β-unsaturated/α-hetero) is 1. The van der Waals surface area contributed by atoms with Crippen LogP contribution in [-0.2, 0) is 11.3 Å². The van der Waals surface area contributed by atoms with Crippen molar-refractivity contribution in [2.45, 2.75) is 19.4 Å². The SMILES string of the molecule is O=C1C2=CCCC=C2OCc2ccccc21. The molecule has 1 aromatic rings. The van der Waals surface area contributed by atoms with Crippen LogP contribution < -0.4 is 0 Å². The number of ketones is 1. The minimum Gasteiger partial charge on any atom is -0.488 e. The Morgan fingerprint density at radius 3 is 2.81 bits per heavy atom. The number of rotatable bonds is 0. The van der Waals surface area contributed by atoms with Crippen molar-refractivity contribution in [1.29, 1.82) is 0 Å². The fourth-order valence-corrected chi connectivity index (χ4v) is 2.16. The maximum absolute atomic E-state index is 12.3. The molecule has 80 valence electrons. The van der Waals surface area contributed by atoms with Crippen LogP contribution >= 0.6 is 0 Å². The third kappa shape index (κ3) is 1.38. The van der Waals surface area contributed by atoms with Crippen molar-refractivity contribution in [3.05, 3.63) is 58.9 Å². The lowest BCUT2D eigenvalue weighted by molar-refractivity contribution is 0.103. The third-order valence-electron chi connectivity index (χ3n) is 3.00. The summed E-state index contributed by atoms with van der Waals surface area (Å²) in [5.41, 5.74) is 2.49. The summed E-state index contributed by atoms with van der Waals surface area (Å²) >= 11 is 0. The van der Waals surface area contributed by atoms with Crippen molar-refractivity contribution in [2.75, 3.05) is 0 Å². The van der Waals surface area contributed by atoms with Crippen molar-refractivity contribution in [1.82, 2.24) is 0 Å². The summed E-state index contributed by atoms with van der Waals surface area (Å²) in [5.74, 6) is 0.853. The Hall–Kier alpha value is -1.83. The highest BCUT2D eigenvalue weighted by Crippen LogP contribution is 2.29. The molecule has 1 heterocycles. The van der Waals surface area contributed by atoms with Crippen molar-refractivity contribution in [3.8, 4) is 0 Å². The Morgan fingerprint density at radius 1 is 1.06 bits per heavy atom. The summed E-state index contributed by atoms with van der Waals surface area (Å²) in [7, 11) is 0. The van der Waals surface area contributed by atoms with Gasteiger partial charge in [-0.2, -0.15) is 0 Å². The van der Waals surface area contributed by atoms with Crippen LogP contribution in [0.25, 0.3) is 0 Å². The second kappa shape index (κ2) is 3.63. The fraction of sp³-hybridized carbons (Fsp3) is 0.214. The summed E-state index contributed by atoms with van der Waals surface area (Å²) in [6.07, 6.45) is 5.89. The Labute approximate surface area is 94.2 Å². The maximum Gasteiger partial charge on any atom is 0.196 e. The van der Waals surface area contributed by atoms with Crippen molar-refractivity contribution in [2.24, 2.45) is 0 Å². The first-order valence-corrected chi connectivity index (χ1v) is 5.52. The van der Waals surface area contributed by atoms with Gasteiger partial charge in [-0.1, -0.05) is 30.3 Å². The Bertz CT molecular complexity index is 509. The topological polar surface area (TPSA) is 26.3 Å². The van der Waals surface area contributed by atoms with Crippen LogP contribution in [0.3, 0.4) is 0 Å². The molecule has 1 aliphatic carbocycles. The molecule has 0 saturated carbocycles. The summed E-state index contributed by atoms with van der Waals surface area (Å²) in [5, 5.41) is 0. The number of benzene rings is 1. The molecule has 0 unspecified atom stereocenters. The highest BCUT2D eigenvalue weighted by Gasteiger charge is 2.25. The normalized spacial score (nSPS) is 18.6. The first-order valence-electron chi connectivity index (χ1n) is 5.52. The van der Waals surface area contributed by atoms with Crippen molar-refractivity contribution < 1.29 is 9.53 Å². The molecule has 0 amide bonds. The van der Waals surface area contributed by atoms with Gasteiger partial charge in [-0.3, -0.25) is 4.79 Å². The van der Waals surface area contributed by atoms with E-state index in [2.05, 4.69) is 0 Å². The molecule has 0 spiro atoms. The highest BCUT2D eigenvalue weighted by molar-refractivity contribution is 6.12. The number of ether oxygens (including phenoxy) is 1. The molecule has 16 heavy (non-hydrogen) atoms. The van der Waals surface area contributed by atoms with Gasteiger partial charge in [-0.25, -0.2) is 0 Å². The number of carbonyl (C=O) groups is 1. The van der Waals surface area contributed by atoms with Gasteiger partial charge in [0.25, 0.3) is 0 Å². The molecule has 2 aliphatic rings. The Kier molecular flexibility index (Phi) is 2.13. The number of allylic oxidation sites excluding steroid dienone is 3. The van der Waals surface area contributed by atoms with Crippen LogP contribution in [0.15, 0.2) is 47.7 Å². The summed E-state index contributed by atoms with van der Waals surface area (Å²) in [6, 6.07) is 7.66. The third-order valence-corrected chi connectivity index (χ3v) is 3.00. The molecule has 2 heteroatoms. The van der Waals surface area contributed by atoms with Crippen LogP contribution in [0.2, 0.25) is 0 Å². The molecule has 0 radical (unpaired) electrons. The van der Waals surface area contributed by atoms with Crippen LogP contribution in [0.5, 0.6) is 0 Å². The van der Waals surface area contributed by atoms with Crippen LogP contribution in [0.1, 0.15) is 28.8 Å².